The molecule has 0 spiro atoms. The molecule has 1 aliphatic heterocycles. The van der Waals surface area contributed by atoms with Gasteiger partial charge < -0.3 is 10.6 Å². The number of aliphatic imine (C=N–C) groups is 1. The van der Waals surface area contributed by atoms with E-state index in [4.69, 9.17) is 11.6 Å². The van der Waals surface area contributed by atoms with Gasteiger partial charge in [0.05, 0.1) is 26.8 Å². The lowest BCUT2D eigenvalue weighted by Crippen LogP contribution is -2.19. The van der Waals surface area contributed by atoms with Crippen LogP contribution in [0.15, 0.2) is 69.7 Å². The average molecular weight is 599 g/mol. The first kappa shape index (κ1) is 26.8. The maximum atomic E-state index is 13.0. The highest BCUT2D eigenvalue weighted by Crippen LogP contribution is 2.34. The molecule has 0 unspecified atom stereocenters. The van der Waals surface area contributed by atoms with E-state index in [9.17, 15) is 18.0 Å². The molecule has 4 aromatic rings. The van der Waals surface area contributed by atoms with Crippen LogP contribution in [-0.2, 0) is 19.6 Å². The first-order chi connectivity index (χ1) is 18.6. The summed E-state index contributed by atoms with van der Waals surface area (Å²) in [5.74, 6) is -0.668. The Morgan fingerprint density at radius 1 is 1.18 bits per heavy atom. The van der Waals surface area contributed by atoms with Gasteiger partial charge in [0, 0.05) is 23.4 Å². The lowest BCUT2D eigenvalue weighted by atomic mass is 10.1. The van der Waals surface area contributed by atoms with Crippen molar-refractivity contribution in [2.45, 2.75) is 18.9 Å². The van der Waals surface area contributed by atoms with Crippen LogP contribution in [0.3, 0.4) is 0 Å². The fourth-order valence-corrected chi connectivity index (χ4v) is 7.01. The first-order valence-electron chi connectivity index (χ1n) is 11.3. The van der Waals surface area contributed by atoms with Crippen molar-refractivity contribution in [3.05, 3.63) is 75.1 Å². The van der Waals surface area contributed by atoms with Crippen LogP contribution >= 0.6 is 34.7 Å². The van der Waals surface area contributed by atoms with Crippen LogP contribution in [0.25, 0.3) is 17.0 Å². The number of carbonyl (C=O) groups excluding carboxylic acids is 2. The molecular formula is C25H19ClN6O4S3. The number of nitrogens with one attached hydrogen (secondary N) is 3. The number of thiazole rings is 1. The first-order valence-corrected chi connectivity index (χ1v) is 14.8. The second kappa shape index (κ2) is 10.8. The van der Waals surface area contributed by atoms with Crippen molar-refractivity contribution < 1.29 is 18.0 Å². The standard InChI is InChI=1S/C25H19ClN6O4S3/c1-13-23(31-24(37-13)28-14(2)33)39(35,36)32-17-6-7-18(26)20(12-17)29-25-30-22(34)21(38-25)11-15-5-8-19-16(10-15)4-3-9-27-19/h3-12,32H,1-2H3,(H,28,31,33)(H,29,30,34)/b21-11-. The summed E-state index contributed by atoms with van der Waals surface area (Å²) < 4.78 is 28.4. The summed E-state index contributed by atoms with van der Waals surface area (Å²) >= 11 is 8.51. The molecule has 1 fully saturated rings. The third kappa shape index (κ3) is 6.11. The third-order valence-corrected chi connectivity index (χ3v) is 8.94. The maximum Gasteiger partial charge on any atom is 0.280 e. The molecule has 1 saturated heterocycles. The molecule has 10 nitrogen and oxygen atoms in total. The predicted octanol–water partition coefficient (Wildman–Crippen LogP) is 5.30. The highest BCUT2D eigenvalue weighted by Gasteiger charge is 2.25. The maximum absolute atomic E-state index is 13.0. The van der Waals surface area contributed by atoms with Gasteiger partial charge in [-0.25, -0.2) is 9.98 Å². The molecule has 0 bridgehead atoms. The number of pyridine rings is 1. The van der Waals surface area contributed by atoms with Gasteiger partial charge in [-0.3, -0.25) is 19.3 Å². The lowest BCUT2D eigenvalue weighted by Gasteiger charge is -2.08. The number of hydrogen-bond donors (Lipinski definition) is 3. The normalized spacial score (nSPS) is 15.6. The summed E-state index contributed by atoms with van der Waals surface area (Å²) in [6.45, 7) is 2.90. The summed E-state index contributed by atoms with van der Waals surface area (Å²) in [4.78, 5) is 37.5. The Balaban J connectivity index is 1.37. The van der Waals surface area contributed by atoms with Gasteiger partial charge in [-0.2, -0.15) is 8.42 Å². The molecule has 3 heterocycles. The van der Waals surface area contributed by atoms with E-state index in [-0.39, 0.29) is 38.4 Å². The molecule has 2 aromatic carbocycles. The van der Waals surface area contributed by atoms with E-state index in [1.54, 1.807) is 19.2 Å². The quantitative estimate of drug-likeness (QED) is 0.255. The number of aromatic nitrogens is 2. The number of thioether (sulfide) groups is 1. The van der Waals surface area contributed by atoms with Crippen LogP contribution in [-0.4, -0.2) is 35.4 Å². The number of rotatable bonds is 6. The van der Waals surface area contributed by atoms with E-state index >= 15 is 0 Å². The number of aryl methyl sites for hydroxylation is 1. The predicted molar refractivity (Wildman–Crippen MR) is 156 cm³/mol. The Morgan fingerprint density at radius 2 is 2.00 bits per heavy atom. The number of halogens is 1. The van der Waals surface area contributed by atoms with Gasteiger partial charge in [0.15, 0.2) is 15.3 Å². The van der Waals surface area contributed by atoms with Gasteiger partial charge in [-0.05, 0) is 66.7 Å². The van der Waals surface area contributed by atoms with Crippen LogP contribution < -0.4 is 15.4 Å². The Labute approximate surface area is 236 Å². The monoisotopic (exact) mass is 598 g/mol. The number of nitrogens with zero attached hydrogens (tertiary/aromatic N) is 3. The minimum atomic E-state index is -4.07. The van der Waals surface area contributed by atoms with E-state index < -0.39 is 10.0 Å². The lowest BCUT2D eigenvalue weighted by molar-refractivity contribution is -0.115. The second-order valence-corrected chi connectivity index (χ2v) is 12.5. The molecule has 0 aliphatic carbocycles. The Bertz CT molecular complexity index is 1820. The van der Waals surface area contributed by atoms with Crippen LogP contribution in [0.4, 0.5) is 16.5 Å². The number of benzene rings is 2. The summed E-state index contributed by atoms with van der Waals surface area (Å²) in [7, 11) is -4.07. The van der Waals surface area contributed by atoms with Gasteiger partial charge in [-0.1, -0.05) is 23.7 Å². The number of anilines is 2. The number of hydrogen-bond acceptors (Lipinski definition) is 9. The highest BCUT2D eigenvalue weighted by atomic mass is 35.5. The van der Waals surface area contributed by atoms with Crippen LogP contribution in [0, 0.1) is 6.92 Å². The van der Waals surface area contributed by atoms with Gasteiger partial charge >= 0.3 is 0 Å². The van der Waals surface area contributed by atoms with Crippen molar-refractivity contribution in [3.8, 4) is 0 Å². The zero-order valence-corrected chi connectivity index (χ0v) is 23.6. The fourth-order valence-electron chi connectivity index (χ4n) is 3.63. The molecule has 198 valence electrons. The van der Waals surface area contributed by atoms with Crippen molar-refractivity contribution in [2.75, 3.05) is 10.0 Å². The van der Waals surface area contributed by atoms with Crippen molar-refractivity contribution >= 4 is 95.2 Å². The molecule has 3 N–H and O–H groups in total. The molecule has 2 aromatic heterocycles. The van der Waals surface area contributed by atoms with Crippen LogP contribution in [0.5, 0.6) is 0 Å². The molecule has 2 amide bonds. The van der Waals surface area contributed by atoms with Gasteiger partial charge in [-0.15, -0.1) is 11.3 Å². The summed E-state index contributed by atoms with van der Waals surface area (Å²) in [5.41, 5.74) is 2.14. The van der Waals surface area contributed by atoms with Gasteiger partial charge in [0.1, 0.15) is 0 Å². The number of amidine groups is 1. The van der Waals surface area contributed by atoms with Gasteiger partial charge in [0.25, 0.3) is 15.9 Å². The van der Waals surface area contributed by atoms with Crippen molar-refractivity contribution in [3.63, 3.8) is 0 Å². The minimum Gasteiger partial charge on any atom is -0.302 e. The number of sulfonamides is 1. The van der Waals surface area contributed by atoms with Crippen LogP contribution in [0.2, 0.25) is 5.02 Å². The minimum absolute atomic E-state index is 0.182. The Morgan fingerprint density at radius 3 is 2.79 bits per heavy atom. The SMILES string of the molecule is CC(=O)Nc1nc(S(=O)(=O)Nc2ccc(Cl)c(N=C3NC(=O)/C(=C/c4ccc5ncccc5c4)S3)c2)c(C)s1. The molecule has 0 radical (unpaired) electrons. The highest BCUT2D eigenvalue weighted by molar-refractivity contribution is 8.18. The molecule has 14 heteroatoms. The average Bonchev–Trinajstić information content (AvgIpc) is 3.42. The Hall–Kier alpha value is -3.78. The van der Waals surface area contributed by atoms with E-state index in [1.807, 2.05) is 30.3 Å². The van der Waals surface area contributed by atoms with E-state index in [0.29, 0.717) is 14.9 Å². The number of fused-ring (bicyclic) bond motifs is 1. The molecule has 1 aliphatic rings. The van der Waals surface area contributed by atoms with Crippen molar-refractivity contribution in [1.29, 1.82) is 0 Å². The molecular weight excluding hydrogens is 580 g/mol. The second-order valence-electron chi connectivity index (χ2n) is 8.27. The van der Waals surface area contributed by atoms with Crippen molar-refractivity contribution in [2.24, 2.45) is 4.99 Å². The third-order valence-electron chi connectivity index (χ3n) is 5.29. The van der Waals surface area contributed by atoms with E-state index in [2.05, 4.69) is 30.3 Å². The van der Waals surface area contributed by atoms with E-state index in [1.165, 1.54) is 25.1 Å². The summed E-state index contributed by atoms with van der Waals surface area (Å²) in [5, 5.41) is 6.69. The zero-order valence-electron chi connectivity index (χ0n) is 20.4. The number of amides is 2. The molecule has 5 rings (SSSR count). The van der Waals surface area contributed by atoms with E-state index in [0.717, 1.165) is 39.6 Å². The fraction of sp³-hybridized carbons (Fsp3) is 0.0800. The molecule has 0 atom stereocenters. The molecule has 39 heavy (non-hydrogen) atoms. The summed E-state index contributed by atoms with van der Waals surface area (Å²) in [6.07, 6.45) is 3.48. The van der Waals surface area contributed by atoms with Gasteiger partial charge in [0.2, 0.25) is 5.91 Å². The summed E-state index contributed by atoms with van der Waals surface area (Å²) in [6, 6.07) is 13.9. The molecule has 0 saturated carbocycles. The zero-order chi connectivity index (χ0) is 27.7. The Kier molecular flexibility index (Phi) is 7.40. The topological polar surface area (TPSA) is 143 Å². The van der Waals surface area contributed by atoms with Crippen molar-refractivity contribution in [1.82, 2.24) is 15.3 Å². The number of carbonyl (C=O) groups is 2. The van der Waals surface area contributed by atoms with Crippen LogP contribution in [0.1, 0.15) is 17.4 Å². The largest absolute Gasteiger partial charge is 0.302 e. The smallest absolute Gasteiger partial charge is 0.280 e.